The zero-order chi connectivity index (χ0) is 105. The van der Waals surface area contributed by atoms with E-state index in [-0.39, 0.29) is 44.5 Å². The van der Waals surface area contributed by atoms with Crippen molar-refractivity contribution in [1.82, 2.24) is 20.5 Å². The average Bonchev–Trinajstić information content (AvgIpc) is 1.73. The first-order chi connectivity index (χ1) is 72.7. The van der Waals surface area contributed by atoms with Gasteiger partial charge in [0.05, 0.1) is 85.8 Å². The van der Waals surface area contributed by atoms with E-state index < -0.39 is 47.8 Å². The highest BCUT2D eigenvalue weighted by atomic mass is 32.2. The molecule has 150 heavy (non-hydrogen) atoms. The molecule has 16 aromatic carbocycles. The molecule has 16 aromatic rings. The van der Waals surface area contributed by atoms with Crippen LogP contribution in [-0.4, -0.2) is 246 Å². The summed E-state index contributed by atoms with van der Waals surface area (Å²) in [5.41, 5.74) is 14.4. The number of carboxylic acids is 8. The molecule has 2 N–H and O–H groups in total. The zero-order valence-electron chi connectivity index (χ0n) is 83.1. The Balaban J connectivity index is 0.000000117. The topological polar surface area (TPSA) is 396 Å². The summed E-state index contributed by atoms with van der Waals surface area (Å²) in [5, 5.41) is 108. The second kappa shape index (κ2) is 49.8. The molecule has 0 bridgehead atoms. The number of nitrogens with one attached hydrogen (secondary N) is 2. The van der Waals surface area contributed by atoms with Crippen LogP contribution in [0.25, 0.3) is 86.2 Å². The summed E-state index contributed by atoms with van der Waals surface area (Å²) < 4.78 is 10.7. The highest BCUT2D eigenvalue weighted by molar-refractivity contribution is 7.99. The van der Waals surface area contributed by atoms with Crippen molar-refractivity contribution >= 4 is 203 Å². The molecule has 8 aliphatic heterocycles. The van der Waals surface area contributed by atoms with Crippen molar-refractivity contribution in [2.45, 2.75) is 6.42 Å². The third-order valence-corrected chi connectivity index (χ3v) is 29.5. The molecule has 0 aromatic heterocycles. The normalized spacial score (nSPS) is 15.7. The molecule has 32 heteroatoms. The van der Waals surface area contributed by atoms with Gasteiger partial charge in [0.15, 0.2) is 0 Å². The van der Waals surface area contributed by atoms with Crippen molar-refractivity contribution in [1.29, 1.82) is 0 Å². The number of carboxylic acid groups (broad SMARTS) is 8. The number of aromatic carboxylic acids is 8. The number of hydrogen-bond donors (Lipinski definition) is 2. The number of rotatable bonds is 16. The van der Waals surface area contributed by atoms with Crippen LogP contribution in [0.2, 0.25) is 0 Å². The quantitative estimate of drug-likeness (QED) is 0.0911. The second-order valence-corrected chi connectivity index (χ2v) is 39.8. The lowest BCUT2D eigenvalue weighted by Gasteiger charge is -2.34. The minimum Gasteiger partial charge on any atom is -0.545 e. The molecule has 0 aliphatic carbocycles. The maximum absolute atomic E-state index is 10.9. The molecule has 0 amide bonds. The second-order valence-electron chi connectivity index (χ2n) is 37.5. The fourth-order valence-electron chi connectivity index (χ4n) is 18.9. The molecule has 0 saturated carbocycles. The number of likely N-dealkylation sites (N-methyl/N-ethyl adjacent to an activating group) is 2. The number of anilines is 8. The number of hydrazine groups is 1. The number of morpholine rings is 1. The maximum atomic E-state index is 10.9. The van der Waals surface area contributed by atoms with E-state index in [1.54, 1.807) is 103 Å². The Morgan fingerprint density at radius 3 is 0.740 bits per heavy atom. The summed E-state index contributed by atoms with van der Waals surface area (Å²) in [6.45, 7) is 22.0. The number of thioether (sulfide) groups is 2. The standard InChI is InChI=1S/2C16H18N2O2.C15H15NO3.C15H15NO2S.2C14H14N2O2.C14H13NO3.C14H13NO2S/c2*1-17-6-8-18(9-7-17)15-5-4-12-10-14(16(19)20)3-2-13(12)11-15;2*17-15(18)13-2-1-12-10-14(4-3-11(12)9-13)16-5-7-19-8-6-16;17-14(18)12-3-2-11-9-13(5-4-10(11)8-12)16-7-1-6-15-16;17-14(18)12-2-1-11-8-13(4-3-10(11)7-12)16-6-5-15-9-16;2*16-14(17)12-2-1-11-8-13(4-3-10(11)7-12)15-5-6-18-9-15/h2*2-5,10-11H,6-9H2,1H3,(H,19,20);2*1-4,9-10H,5-8H2,(H,17,18);2-5,8-9,15H,1,6-7H2,(H,17,18);1-4,7-8,15H,5-6,9H2,(H,17,18);2*1-4,7-8H,5-6,9H2,(H,16,17)/p-8. The largest absolute Gasteiger partial charge is 0.545 e. The zero-order valence-corrected chi connectivity index (χ0v) is 84.8. The summed E-state index contributed by atoms with van der Waals surface area (Å²) in [6, 6.07) is 89.3. The molecule has 8 fully saturated rings. The number of hydrogen-bond acceptors (Lipinski definition) is 32. The molecule has 8 aliphatic rings. The minimum atomic E-state index is -1.14. The lowest BCUT2D eigenvalue weighted by atomic mass is 10.1. The number of benzene rings is 16. The van der Waals surface area contributed by atoms with Gasteiger partial charge in [0.25, 0.3) is 0 Å². The molecule has 24 rings (SSSR count). The molecule has 8 heterocycles. The van der Waals surface area contributed by atoms with Crippen LogP contribution in [0.4, 0.5) is 45.5 Å². The van der Waals surface area contributed by atoms with Crippen molar-refractivity contribution in [3.63, 3.8) is 0 Å². The van der Waals surface area contributed by atoms with Gasteiger partial charge < -0.3 is 138 Å². The van der Waals surface area contributed by atoms with Gasteiger partial charge in [0.1, 0.15) is 6.73 Å². The molecular weight excluding hydrogens is 1940 g/mol. The Kier molecular flexibility index (Phi) is 35.1. The van der Waals surface area contributed by atoms with Crippen LogP contribution in [-0.2, 0) is 9.47 Å². The van der Waals surface area contributed by atoms with Crippen molar-refractivity contribution < 1.29 is 88.7 Å². The van der Waals surface area contributed by atoms with Gasteiger partial charge >= 0.3 is 0 Å². The van der Waals surface area contributed by atoms with Crippen molar-refractivity contribution in [2.24, 2.45) is 0 Å². The monoisotopic (exact) mass is 2050 g/mol. The number of nitrogens with zero attached hydrogens (tertiary/aromatic N) is 10. The van der Waals surface area contributed by atoms with Gasteiger partial charge in [-0.3, -0.25) is 5.32 Å². The van der Waals surface area contributed by atoms with Gasteiger partial charge in [0, 0.05) is 175 Å². The van der Waals surface area contributed by atoms with Gasteiger partial charge in [-0.15, -0.1) is 11.8 Å². The van der Waals surface area contributed by atoms with Gasteiger partial charge in [0.2, 0.25) is 0 Å². The molecular formula is C118H112N12O18S2-8. The van der Waals surface area contributed by atoms with Crippen LogP contribution in [0.5, 0.6) is 0 Å². The van der Waals surface area contributed by atoms with Gasteiger partial charge in [-0.1, -0.05) is 146 Å². The van der Waals surface area contributed by atoms with E-state index in [2.05, 4.69) is 135 Å². The lowest BCUT2D eigenvalue weighted by molar-refractivity contribution is -0.256. The fourth-order valence-corrected chi connectivity index (χ4v) is 20.8. The van der Waals surface area contributed by atoms with E-state index in [1.165, 1.54) is 40.0 Å². The summed E-state index contributed by atoms with van der Waals surface area (Å²) in [4.78, 5) is 107. The van der Waals surface area contributed by atoms with Gasteiger partial charge in [-0.05, 0) is 297 Å². The van der Waals surface area contributed by atoms with Gasteiger partial charge in [-0.2, -0.15) is 11.8 Å². The molecule has 0 radical (unpaired) electrons. The average molecular weight is 2050 g/mol. The molecule has 30 nitrogen and oxygen atoms in total. The smallest absolute Gasteiger partial charge is 0.119 e. The summed E-state index contributed by atoms with van der Waals surface area (Å²) in [7, 11) is 4.28. The van der Waals surface area contributed by atoms with E-state index in [4.69, 9.17) is 9.47 Å². The van der Waals surface area contributed by atoms with Crippen molar-refractivity contribution in [3.05, 3.63) is 336 Å². The minimum absolute atomic E-state index is 0.208. The van der Waals surface area contributed by atoms with E-state index >= 15 is 0 Å². The molecule has 0 spiro atoms. The Hall–Kier alpha value is -15.8. The van der Waals surface area contributed by atoms with Crippen LogP contribution in [0.15, 0.2) is 291 Å². The Labute approximate surface area is 876 Å². The first-order valence-corrected chi connectivity index (χ1v) is 52.2. The molecule has 8 saturated heterocycles. The Morgan fingerprint density at radius 1 is 0.233 bits per heavy atom. The molecule has 0 atom stereocenters. The SMILES string of the molecule is CN1CCN(c2ccc3cc(C(=O)[O-])ccc3c2)CC1.CN1CCN(c2ccc3cc(C(=O)[O-])ccc3c2)CC1.O=C([O-])c1ccc2cc(N3CCCN3)ccc2c1.O=C([O-])c1ccc2cc(N3CCNC3)ccc2c1.O=C([O-])c1ccc2cc(N3CCOC3)ccc2c1.O=C([O-])c1ccc2cc(N3CCOCC3)ccc2c1.O=C([O-])c1ccc2cc(N3CCSC3)ccc2c1.O=C([O-])c1ccc2cc(N3CCSCC3)ccc2c1. The predicted molar refractivity (Wildman–Crippen MR) is 581 cm³/mol. The van der Waals surface area contributed by atoms with Crippen LogP contribution >= 0.6 is 23.5 Å². The first kappa shape index (κ1) is 106. The molecule has 0 unspecified atom stereocenters. The van der Waals surface area contributed by atoms with E-state index in [0.29, 0.717) is 6.73 Å². The number of carbonyl (C=O) groups is 8. The Bertz CT molecular complexity index is 6960. The summed E-state index contributed by atoms with van der Waals surface area (Å²) >= 11 is 3.92. The number of ether oxygens (including phenoxy) is 2. The van der Waals surface area contributed by atoms with E-state index in [9.17, 15) is 79.2 Å². The van der Waals surface area contributed by atoms with Crippen LogP contribution < -0.4 is 90.9 Å². The van der Waals surface area contributed by atoms with Crippen molar-refractivity contribution in [3.8, 4) is 0 Å². The highest BCUT2D eigenvalue weighted by Crippen LogP contribution is 2.35. The first-order valence-electron chi connectivity index (χ1n) is 49.9. The van der Waals surface area contributed by atoms with Crippen LogP contribution in [0.3, 0.4) is 0 Å². The molecule has 772 valence electrons. The van der Waals surface area contributed by atoms with Gasteiger partial charge in [-0.25, -0.2) is 5.43 Å². The summed E-state index contributed by atoms with van der Waals surface area (Å²) in [5.74, 6) is -4.53. The third kappa shape index (κ3) is 27.4. The number of piperazine rings is 2. The fraction of sp³-hybridized carbons (Fsp3) is 0.254. The Morgan fingerprint density at radius 2 is 0.473 bits per heavy atom. The van der Waals surface area contributed by atoms with Crippen LogP contribution in [0.1, 0.15) is 89.3 Å². The van der Waals surface area contributed by atoms with E-state index in [1.807, 2.05) is 151 Å². The lowest BCUT2D eigenvalue weighted by Crippen LogP contribution is -2.44. The number of carbonyl (C=O) groups excluding carboxylic acids is 8. The maximum Gasteiger partial charge on any atom is 0.119 e. The van der Waals surface area contributed by atoms with Crippen molar-refractivity contribution in [2.75, 3.05) is 228 Å². The predicted octanol–water partition coefficient (Wildman–Crippen LogP) is 8.91. The highest BCUT2D eigenvalue weighted by Gasteiger charge is 2.23. The number of fused-ring (bicyclic) bond motifs is 8. The van der Waals surface area contributed by atoms with E-state index in [0.717, 1.165) is 266 Å². The summed E-state index contributed by atoms with van der Waals surface area (Å²) in [6.07, 6.45) is 1.14. The third-order valence-electron chi connectivity index (χ3n) is 27.6. The van der Waals surface area contributed by atoms with Crippen LogP contribution in [0, 0.1) is 0 Å².